The number of rotatable bonds is 4. The second kappa shape index (κ2) is 6.84. The molecule has 1 aliphatic rings. The summed E-state index contributed by atoms with van der Waals surface area (Å²) in [5, 5.41) is 17.0. The summed E-state index contributed by atoms with van der Waals surface area (Å²) in [5.74, 6) is -0.282. The Hall–Kier alpha value is -2.32. The minimum Gasteiger partial charge on any atom is -0.331 e. The van der Waals surface area contributed by atoms with Crippen LogP contribution >= 0.6 is 11.6 Å². The van der Waals surface area contributed by atoms with Crippen LogP contribution in [0.2, 0.25) is 5.02 Å². The average molecular weight is 329 g/mol. The highest BCUT2D eigenvalue weighted by atomic mass is 35.5. The number of benzene rings is 1. The van der Waals surface area contributed by atoms with E-state index in [0.717, 1.165) is 25.7 Å². The van der Waals surface area contributed by atoms with Crippen molar-refractivity contribution in [2.75, 3.05) is 0 Å². The Morgan fingerprint density at radius 2 is 2.00 bits per heavy atom. The molecule has 118 valence electrons. The van der Waals surface area contributed by atoms with Crippen molar-refractivity contribution < 1.29 is 4.79 Å². The minimum atomic E-state index is -0.716. The summed E-state index contributed by atoms with van der Waals surface area (Å²) >= 11 is 5.86. The molecule has 1 aliphatic carbocycles. The predicted molar refractivity (Wildman–Crippen MR) is 87.0 cm³/mol. The summed E-state index contributed by atoms with van der Waals surface area (Å²) in [6, 6.07) is 10.3. The first-order chi connectivity index (χ1) is 11.2. The van der Waals surface area contributed by atoms with Crippen LogP contribution in [0.3, 0.4) is 0 Å². The summed E-state index contributed by atoms with van der Waals surface area (Å²) in [7, 11) is 0. The lowest BCUT2D eigenvalue weighted by Crippen LogP contribution is -2.30. The van der Waals surface area contributed by atoms with Gasteiger partial charge in [0.25, 0.3) is 5.91 Å². The highest BCUT2D eigenvalue weighted by molar-refractivity contribution is 6.30. The van der Waals surface area contributed by atoms with Gasteiger partial charge < -0.3 is 5.32 Å². The Morgan fingerprint density at radius 3 is 2.65 bits per heavy atom. The molecule has 1 fully saturated rings. The molecular formula is C17H17ClN4O. The van der Waals surface area contributed by atoms with Gasteiger partial charge in [0.15, 0.2) is 0 Å². The summed E-state index contributed by atoms with van der Waals surface area (Å²) < 4.78 is 1.79. The molecule has 2 aromatic rings. The molecule has 1 aromatic heterocycles. The fourth-order valence-corrected chi connectivity index (χ4v) is 3.11. The number of carbonyl (C=O) groups is 1. The molecule has 1 aromatic carbocycles. The molecular weight excluding hydrogens is 312 g/mol. The Morgan fingerprint density at radius 1 is 1.30 bits per heavy atom. The van der Waals surface area contributed by atoms with Crippen molar-refractivity contribution in [1.29, 1.82) is 5.26 Å². The minimum absolute atomic E-state index is 0.279. The van der Waals surface area contributed by atoms with Gasteiger partial charge in [-0.3, -0.25) is 9.48 Å². The predicted octanol–water partition coefficient (Wildman–Crippen LogP) is 3.65. The van der Waals surface area contributed by atoms with Crippen molar-refractivity contribution in [2.45, 2.75) is 37.8 Å². The number of amides is 1. The largest absolute Gasteiger partial charge is 0.331 e. The van der Waals surface area contributed by atoms with Crippen LogP contribution in [0.15, 0.2) is 36.5 Å². The molecule has 3 rings (SSSR count). The molecule has 0 saturated heterocycles. The van der Waals surface area contributed by atoms with Gasteiger partial charge in [0.05, 0.1) is 12.1 Å². The van der Waals surface area contributed by atoms with Crippen LogP contribution in [0.25, 0.3) is 0 Å². The molecule has 1 amide bonds. The summed E-state index contributed by atoms with van der Waals surface area (Å²) in [6.07, 6.45) is 6.05. The van der Waals surface area contributed by atoms with E-state index in [1.165, 1.54) is 0 Å². The van der Waals surface area contributed by atoms with Gasteiger partial charge in [-0.15, -0.1) is 0 Å². The van der Waals surface area contributed by atoms with Gasteiger partial charge in [-0.05, 0) is 36.6 Å². The van der Waals surface area contributed by atoms with Gasteiger partial charge in [0.2, 0.25) is 0 Å². The highest BCUT2D eigenvalue weighted by Gasteiger charge is 2.24. The van der Waals surface area contributed by atoms with E-state index >= 15 is 0 Å². The van der Waals surface area contributed by atoms with Crippen LogP contribution in [0.1, 0.15) is 53.8 Å². The molecule has 1 unspecified atom stereocenters. The molecule has 5 nitrogen and oxygen atoms in total. The quantitative estimate of drug-likeness (QED) is 0.931. The first-order valence-corrected chi connectivity index (χ1v) is 8.06. The highest BCUT2D eigenvalue weighted by Crippen LogP contribution is 2.29. The van der Waals surface area contributed by atoms with Crippen LogP contribution in [0, 0.1) is 11.3 Å². The maximum atomic E-state index is 12.5. The zero-order valence-corrected chi connectivity index (χ0v) is 13.3. The number of nitriles is 1. The maximum absolute atomic E-state index is 12.5. The van der Waals surface area contributed by atoms with E-state index in [4.69, 9.17) is 11.6 Å². The van der Waals surface area contributed by atoms with E-state index in [1.54, 1.807) is 41.2 Å². The topological polar surface area (TPSA) is 70.7 Å². The fourth-order valence-electron chi connectivity index (χ4n) is 2.98. The summed E-state index contributed by atoms with van der Waals surface area (Å²) in [4.78, 5) is 12.5. The third kappa shape index (κ3) is 3.38. The summed E-state index contributed by atoms with van der Waals surface area (Å²) in [5.41, 5.74) is 1.21. The van der Waals surface area contributed by atoms with Gasteiger partial charge in [-0.2, -0.15) is 10.4 Å². The Bertz CT molecular complexity index is 726. The molecule has 1 N–H and O–H groups in total. The number of nitrogens with one attached hydrogen (secondary N) is 1. The van der Waals surface area contributed by atoms with E-state index in [0.29, 0.717) is 16.3 Å². The zero-order valence-electron chi connectivity index (χ0n) is 12.6. The van der Waals surface area contributed by atoms with Gasteiger partial charge in [-0.1, -0.05) is 36.6 Å². The lowest BCUT2D eigenvalue weighted by molar-refractivity contribution is 0.0931. The van der Waals surface area contributed by atoms with Crippen molar-refractivity contribution in [1.82, 2.24) is 15.1 Å². The van der Waals surface area contributed by atoms with Crippen LogP contribution in [0.5, 0.6) is 0 Å². The van der Waals surface area contributed by atoms with Crippen molar-refractivity contribution >= 4 is 17.5 Å². The molecule has 0 aliphatic heterocycles. The van der Waals surface area contributed by atoms with Crippen molar-refractivity contribution in [3.05, 3.63) is 52.8 Å². The lowest BCUT2D eigenvalue weighted by Gasteiger charge is -2.16. The zero-order chi connectivity index (χ0) is 16.2. The van der Waals surface area contributed by atoms with Crippen LogP contribution in [-0.4, -0.2) is 15.7 Å². The Labute approximate surface area is 139 Å². The van der Waals surface area contributed by atoms with Crippen molar-refractivity contribution in [3.8, 4) is 6.07 Å². The summed E-state index contributed by atoms with van der Waals surface area (Å²) in [6.45, 7) is 0. The molecule has 6 heteroatoms. The molecule has 23 heavy (non-hydrogen) atoms. The Kier molecular flexibility index (Phi) is 4.63. The van der Waals surface area contributed by atoms with Crippen LogP contribution in [-0.2, 0) is 0 Å². The number of halogens is 1. The lowest BCUT2D eigenvalue weighted by atomic mass is 10.1. The second-order valence-corrected chi connectivity index (χ2v) is 6.12. The van der Waals surface area contributed by atoms with Gasteiger partial charge in [0.1, 0.15) is 11.7 Å². The van der Waals surface area contributed by atoms with Crippen molar-refractivity contribution in [3.63, 3.8) is 0 Å². The Balaban J connectivity index is 1.77. The smallest absolute Gasteiger partial charge is 0.270 e. The van der Waals surface area contributed by atoms with Crippen LogP contribution < -0.4 is 5.32 Å². The fraction of sp³-hybridized carbons (Fsp3) is 0.353. The van der Waals surface area contributed by atoms with E-state index < -0.39 is 6.04 Å². The van der Waals surface area contributed by atoms with E-state index in [2.05, 4.69) is 16.5 Å². The second-order valence-electron chi connectivity index (χ2n) is 5.69. The van der Waals surface area contributed by atoms with Gasteiger partial charge in [0, 0.05) is 11.2 Å². The van der Waals surface area contributed by atoms with Crippen LogP contribution in [0.4, 0.5) is 0 Å². The first kappa shape index (κ1) is 15.6. The van der Waals surface area contributed by atoms with Crippen molar-refractivity contribution in [2.24, 2.45) is 0 Å². The monoisotopic (exact) mass is 328 g/mol. The number of hydrogen-bond donors (Lipinski definition) is 1. The SMILES string of the molecule is N#CC(NC(=O)c1ccnn1C1CCCC1)c1ccc(Cl)cc1. The molecule has 1 atom stereocenters. The molecule has 0 radical (unpaired) electrons. The molecule has 0 spiro atoms. The first-order valence-electron chi connectivity index (χ1n) is 7.68. The third-order valence-corrected chi connectivity index (χ3v) is 4.43. The van der Waals surface area contributed by atoms with Gasteiger partial charge in [-0.25, -0.2) is 0 Å². The average Bonchev–Trinajstić information content (AvgIpc) is 3.23. The molecule has 1 heterocycles. The van der Waals surface area contributed by atoms with E-state index in [9.17, 15) is 10.1 Å². The molecule has 0 bridgehead atoms. The number of nitrogens with zero attached hydrogens (tertiary/aromatic N) is 3. The van der Waals surface area contributed by atoms with Gasteiger partial charge >= 0.3 is 0 Å². The number of carbonyl (C=O) groups excluding carboxylic acids is 1. The molecule has 1 saturated carbocycles. The standard InChI is InChI=1S/C17H17ClN4O/c18-13-7-5-12(6-8-13)15(11-19)21-17(23)16-9-10-20-22(16)14-3-1-2-4-14/h5-10,14-15H,1-4H2,(H,21,23). The third-order valence-electron chi connectivity index (χ3n) is 4.18. The number of hydrogen-bond acceptors (Lipinski definition) is 3. The normalized spacial score (nSPS) is 16.0. The van der Waals surface area contributed by atoms with E-state index in [1.807, 2.05) is 0 Å². The van der Waals surface area contributed by atoms with E-state index in [-0.39, 0.29) is 11.9 Å². The maximum Gasteiger partial charge on any atom is 0.270 e. The number of aromatic nitrogens is 2.